The van der Waals surface area contributed by atoms with Crippen LogP contribution in [0, 0.1) is 5.41 Å². The molecule has 1 aromatic heterocycles. The number of rotatable bonds is 3. The van der Waals surface area contributed by atoms with Gasteiger partial charge in [-0.2, -0.15) is 0 Å². The summed E-state index contributed by atoms with van der Waals surface area (Å²) >= 11 is 0. The van der Waals surface area contributed by atoms with E-state index >= 15 is 0 Å². The van der Waals surface area contributed by atoms with E-state index in [1.165, 1.54) is 12.8 Å². The Balaban J connectivity index is 1.54. The molecule has 1 aromatic rings. The van der Waals surface area contributed by atoms with E-state index < -0.39 is 11.4 Å². The highest BCUT2D eigenvalue weighted by Gasteiger charge is 2.49. The summed E-state index contributed by atoms with van der Waals surface area (Å²) in [6.45, 7) is 0.996. The van der Waals surface area contributed by atoms with Gasteiger partial charge in [-0.15, -0.1) is 0 Å². The van der Waals surface area contributed by atoms with Crippen LogP contribution in [0.4, 0.5) is 0 Å². The lowest BCUT2D eigenvalue weighted by atomic mass is 9.72. The van der Waals surface area contributed by atoms with Gasteiger partial charge in [-0.05, 0) is 25.7 Å². The Kier molecular flexibility index (Phi) is 3.77. The minimum absolute atomic E-state index is 0.216. The first-order valence-corrected chi connectivity index (χ1v) is 8.97. The Labute approximate surface area is 141 Å². The van der Waals surface area contributed by atoms with Gasteiger partial charge in [0.2, 0.25) is 5.91 Å². The molecule has 2 heterocycles. The number of carbonyl (C=O) groups excluding carboxylic acids is 1. The zero-order valence-electron chi connectivity index (χ0n) is 13.8. The van der Waals surface area contributed by atoms with E-state index in [0.717, 1.165) is 36.3 Å². The van der Waals surface area contributed by atoms with Crippen molar-refractivity contribution < 1.29 is 14.7 Å². The molecule has 24 heavy (non-hydrogen) atoms. The van der Waals surface area contributed by atoms with Crippen molar-refractivity contribution in [1.29, 1.82) is 0 Å². The van der Waals surface area contributed by atoms with Crippen molar-refractivity contribution in [2.24, 2.45) is 5.41 Å². The fourth-order valence-corrected chi connectivity index (χ4v) is 4.02. The summed E-state index contributed by atoms with van der Waals surface area (Å²) in [6.07, 6.45) is 8.44. The second-order valence-electron chi connectivity index (χ2n) is 7.40. The second-order valence-corrected chi connectivity index (χ2v) is 7.40. The number of nitrogens with zero attached hydrogens (tertiary/aromatic N) is 3. The Morgan fingerprint density at radius 1 is 1.21 bits per heavy atom. The topological polar surface area (TPSA) is 83.4 Å². The molecule has 0 bridgehead atoms. The van der Waals surface area contributed by atoms with Crippen LogP contribution in [0.15, 0.2) is 6.20 Å². The van der Waals surface area contributed by atoms with Gasteiger partial charge in [0, 0.05) is 37.2 Å². The van der Waals surface area contributed by atoms with Crippen molar-refractivity contribution in [2.75, 3.05) is 6.54 Å². The molecule has 1 amide bonds. The predicted octanol–water partition coefficient (Wildman–Crippen LogP) is 2.27. The number of hydrogen-bond donors (Lipinski definition) is 1. The van der Waals surface area contributed by atoms with Gasteiger partial charge in [0.25, 0.3) is 0 Å². The molecular weight excluding hydrogens is 306 g/mol. The van der Waals surface area contributed by atoms with Crippen LogP contribution in [0.2, 0.25) is 0 Å². The molecule has 6 heteroatoms. The summed E-state index contributed by atoms with van der Waals surface area (Å²) in [5, 5.41) is 9.72. The number of amides is 1. The van der Waals surface area contributed by atoms with Crippen LogP contribution in [0.25, 0.3) is 0 Å². The molecule has 2 fully saturated rings. The Morgan fingerprint density at radius 3 is 2.62 bits per heavy atom. The van der Waals surface area contributed by atoms with Crippen molar-refractivity contribution in [3.05, 3.63) is 23.3 Å². The maximum absolute atomic E-state index is 13.0. The summed E-state index contributed by atoms with van der Waals surface area (Å²) in [7, 11) is 0. The molecule has 1 N–H and O–H groups in total. The lowest BCUT2D eigenvalue weighted by molar-refractivity contribution is -0.164. The van der Waals surface area contributed by atoms with Gasteiger partial charge in [0.05, 0.1) is 5.69 Å². The largest absolute Gasteiger partial charge is 0.480 e. The van der Waals surface area contributed by atoms with E-state index in [0.29, 0.717) is 38.3 Å². The summed E-state index contributed by atoms with van der Waals surface area (Å²) in [5.41, 5.74) is 0.782. The standard InChI is InChI=1S/C18H23N3O3/c22-16(18(17(23)24)7-2-1-3-8-18)21-9-6-14-13(11-21)10-19-15(20-14)12-4-5-12/h10,12H,1-9,11H2,(H,23,24). The zero-order valence-corrected chi connectivity index (χ0v) is 13.8. The van der Waals surface area contributed by atoms with E-state index in [4.69, 9.17) is 0 Å². The van der Waals surface area contributed by atoms with E-state index in [1.54, 1.807) is 4.90 Å². The molecule has 0 atom stereocenters. The molecule has 2 saturated carbocycles. The fourth-order valence-electron chi connectivity index (χ4n) is 4.02. The molecule has 0 radical (unpaired) electrons. The molecule has 0 unspecified atom stereocenters. The quantitative estimate of drug-likeness (QED) is 0.860. The number of fused-ring (bicyclic) bond motifs is 1. The highest BCUT2D eigenvalue weighted by molar-refractivity contribution is 6.02. The van der Waals surface area contributed by atoms with Crippen LogP contribution >= 0.6 is 0 Å². The van der Waals surface area contributed by atoms with Gasteiger partial charge in [0.1, 0.15) is 11.2 Å². The van der Waals surface area contributed by atoms with E-state index in [1.807, 2.05) is 6.20 Å². The minimum Gasteiger partial charge on any atom is -0.480 e. The minimum atomic E-state index is -1.22. The third-order valence-electron chi connectivity index (χ3n) is 5.71. The number of aromatic nitrogens is 2. The average molecular weight is 329 g/mol. The summed E-state index contributed by atoms with van der Waals surface area (Å²) in [5.74, 6) is 0.278. The third-order valence-corrected chi connectivity index (χ3v) is 5.71. The monoisotopic (exact) mass is 329 g/mol. The van der Waals surface area contributed by atoms with E-state index in [2.05, 4.69) is 9.97 Å². The molecule has 0 aromatic carbocycles. The number of carboxylic acids is 1. The molecule has 128 valence electrons. The number of carbonyl (C=O) groups is 2. The number of aliphatic carboxylic acids is 1. The molecule has 2 aliphatic carbocycles. The Morgan fingerprint density at radius 2 is 1.96 bits per heavy atom. The smallest absolute Gasteiger partial charge is 0.319 e. The van der Waals surface area contributed by atoms with Crippen LogP contribution in [-0.4, -0.2) is 38.4 Å². The number of hydrogen-bond acceptors (Lipinski definition) is 4. The van der Waals surface area contributed by atoms with Gasteiger partial charge >= 0.3 is 5.97 Å². The molecular formula is C18H23N3O3. The zero-order chi connectivity index (χ0) is 16.7. The van der Waals surface area contributed by atoms with Crippen LogP contribution in [-0.2, 0) is 22.6 Å². The van der Waals surface area contributed by atoms with Crippen LogP contribution in [0.5, 0.6) is 0 Å². The van der Waals surface area contributed by atoms with E-state index in [-0.39, 0.29) is 5.91 Å². The Bertz CT molecular complexity index is 678. The van der Waals surface area contributed by atoms with Crippen LogP contribution < -0.4 is 0 Å². The van der Waals surface area contributed by atoms with Crippen molar-refractivity contribution in [1.82, 2.24) is 14.9 Å². The summed E-state index contributed by atoms with van der Waals surface area (Å²) in [6, 6.07) is 0. The van der Waals surface area contributed by atoms with Crippen molar-refractivity contribution in [3.8, 4) is 0 Å². The summed E-state index contributed by atoms with van der Waals surface area (Å²) in [4.78, 5) is 35.7. The molecule has 0 saturated heterocycles. The van der Waals surface area contributed by atoms with Gasteiger partial charge in [-0.1, -0.05) is 19.3 Å². The van der Waals surface area contributed by atoms with Gasteiger partial charge < -0.3 is 10.0 Å². The van der Waals surface area contributed by atoms with E-state index in [9.17, 15) is 14.7 Å². The number of carboxylic acid groups (broad SMARTS) is 1. The van der Waals surface area contributed by atoms with Crippen molar-refractivity contribution in [2.45, 2.75) is 63.8 Å². The van der Waals surface area contributed by atoms with Crippen molar-refractivity contribution in [3.63, 3.8) is 0 Å². The van der Waals surface area contributed by atoms with Crippen LogP contribution in [0.1, 0.15) is 67.9 Å². The van der Waals surface area contributed by atoms with Crippen molar-refractivity contribution >= 4 is 11.9 Å². The molecule has 1 aliphatic heterocycles. The molecule has 4 rings (SSSR count). The Hall–Kier alpha value is -1.98. The van der Waals surface area contributed by atoms with Gasteiger partial charge in [-0.25, -0.2) is 9.97 Å². The maximum atomic E-state index is 13.0. The van der Waals surface area contributed by atoms with Crippen LogP contribution in [0.3, 0.4) is 0 Å². The van der Waals surface area contributed by atoms with Gasteiger partial charge in [0.15, 0.2) is 0 Å². The molecule has 6 nitrogen and oxygen atoms in total. The van der Waals surface area contributed by atoms with Gasteiger partial charge in [-0.3, -0.25) is 9.59 Å². The molecule has 3 aliphatic rings. The maximum Gasteiger partial charge on any atom is 0.319 e. The summed E-state index contributed by atoms with van der Waals surface area (Å²) < 4.78 is 0. The average Bonchev–Trinajstić information content (AvgIpc) is 3.46. The third kappa shape index (κ3) is 2.58. The first-order chi connectivity index (χ1) is 11.6. The SMILES string of the molecule is O=C(O)C1(C(=O)N2CCc3nc(C4CC4)ncc3C2)CCCCC1. The first-order valence-electron chi connectivity index (χ1n) is 8.97. The normalized spacial score (nSPS) is 22.8. The first kappa shape index (κ1) is 15.5. The fraction of sp³-hybridized carbons (Fsp3) is 0.667. The highest BCUT2D eigenvalue weighted by Crippen LogP contribution is 2.40. The predicted molar refractivity (Wildman–Crippen MR) is 86.3 cm³/mol. The lowest BCUT2D eigenvalue weighted by Crippen LogP contribution is -2.51. The second kappa shape index (κ2) is 5.83. The highest BCUT2D eigenvalue weighted by atomic mass is 16.4. The molecule has 0 spiro atoms. The lowest BCUT2D eigenvalue weighted by Gasteiger charge is -2.38.